The molecule has 2 aromatic carbocycles. The first-order valence-electron chi connectivity index (χ1n) is 12.9. The molecule has 0 saturated heterocycles. The van der Waals surface area contributed by atoms with Crippen LogP contribution in [-0.2, 0) is 25.4 Å². The van der Waals surface area contributed by atoms with Gasteiger partial charge >= 0.3 is 6.18 Å². The largest absolute Gasteiger partial charge is 0.416 e. The van der Waals surface area contributed by atoms with Crippen molar-refractivity contribution in [3.05, 3.63) is 117 Å². The summed E-state index contributed by atoms with van der Waals surface area (Å²) in [5, 5.41) is 0. The number of nitrogens with zero attached hydrogens (tertiary/aromatic N) is 2. The van der Waals surface area contributed by atoms with Gasteiger partial charge in [-0.2, -0.15) is 13.2 Å². The Bertz CT molecular complexity index is 1380. The molecule has 7 heteroatoms. The number of pyridine rings is 1. The summed E-state index contributed by atoms with van der Waals surface area (Å²) in [6.07, 6.45) is 2.69. The topological polar surface area (TPSA) is 25.2 Å². The first kappa shape index (κ1) is 32.6. The third-order valence-electron chi connectivity index (χ3n) is 6.45. The maximum absolute atomic E-state index is 13.4. The highest BCUT2D eigenvalue weighted by molar-refractivity contribution is 5.97. The Labute approximate surface area is 235 Å². The van der Waals surface area contributed by atoms with Crippen molar-refractivity contribution in [2.45, 2.75) is 73.4 Å². The molecule has 0 atom stereocenters. The Morgan fingerprint density at radius 3 is 2.15 bits per heavy atom. The van der Waals surface area contributed by atoms with Crippen LogP contribution in [-0.4, -0.2) is 16.6 Å². The summed E-state index contributed by atoms with van der Waals surface area (Å²) in [5.41, 5.74) is 6.87. The molecule has 2 nitrogen and oxygen atoms in total. The zero-order chi connectivity index (χ0) is 28.8. The predicted molar refractivity (Wildman–Crippen MR) is 157 cm³/mol. The summed E-state index contributed by atoms with van der Waals surface area (Å²) in [6.45, 7) is 7.92. The molecule has 1 aromatic heterocycles. The minimum Gasteiger partial charge on any atom is -0.259 e. The fourth-order valence-electron chi connectivity index (χ4n) is 4.14. The molecule has 0 aliphatic heterocycles. The Hall–Kier alpha value is -3.61. The number of fused-ring (bicyclic) bond motifs is 1. The Morgan fingerprint density at radius 2 is 1.52 bits per heavy atom. The summed E-state index contributed by atoms with van der Waals surface area (Å²) >= 11 is 0. The first-order chi connectivity index (χ1) is 18.4. The number of alkyl halides is 5. The number of aromatic nitrogens is 1. The number of rotatable bonds is 7. The quantitative estimate of drug-likeness (QED) is 0.209. The molecule has 0 spiro atoms. The van der Waals surface area contributed by atoms with Crippen LogP contribution in [0.3, 0.4) is 0 Å². The minimum absolute atomic E-state index is 0. The first-order valence-corrected chi connectivity index (χ1v) is 12.9. The SMILES string of the molecule is C.CC.CC(=N/C=C(\C)C(C)(F)F)c1cc(Cc2ccc3c(c2)C=C(Cc2ccc(C(F)(F)F)cc2)C3)ccn1.[HH]. The summed E-state index contributed by atoms with van der Waals surface area (Å²) in [7, 11) is 0. The van der Waals surface area contributed by atoms with Crippen molar-refractivity contribution in [3.63, 3.8) is 0 Å². The van der Waals surface area contributed by atoms with Crippen LogP contribution in [0.2, 0.25) is 0 Å². The van der Waals surface area contributed by atoms with Gasteiger partial charge in [0.2, 0.25) is 0 Å². The maximum atomic E-state index is 13.4. The van der Waals surface area contributed by atoms with Gasteiger partial charge in [0.05, 0.1) is 17.0 Å². The van der Waals surface area contributed by atoms with Crippen LogP contribution < -0.4 is 0 Å². The van der Waals surface area contributed by atoms with E-state index in [1.807, 2.05) is 26.0 Å². The van der Waals surface area contributed by atoms with Gasteiger partial charge in [0.15, 0.2) is 0 Å². The second kappa shape index (κ2) is 13.6. The molecule has 0 radical (unpaired) electrons. The molecule has 3 aromatic rings. The van der Waals surface area contributed by atoms with Gasteiger partial charge < -0.3 is 0 Å². The van der Waals surface area contributed by atoms with Crippen LogP contribution in [0.1, 0.15) is 82.5 Å². The number of halogens is 5. The summed E-state index contributed by atoms with van der Waals surface area (Å²) in [4.78, 5) is 8.49. The zero-order valence-electron chi connectivity index (χ0n) is 22.8. The summed E-state index contributed by atoms with van der Waals surface area (Å²) in [5.74, 6) is -2.92. The van der Waals surface area contributed by atoms with Gasteiger partial charge in [0, 0.05) is 26.3 Å². The minimum atomic E-state index is -4.33. The number of allylic oxidation sites excluding steroid dienone is 2. The van der Waals surface area contributed by atoms with E-state index >= 15 is 0 Å². The lowest BCUT2D eigenvalue weighted by Crippen LogP contribution is -2.10. The normalized spacial score (nSPS) is 13.6. The molecule has 1 aliphatic carbocycles. The molecule has 0 bridgehead atoms. The van der Waals surface area contributed by atoms with Crippen LogP contribution >= 0.6 is 0 Å². The van der Waals surface area contributed by atoms with E-state index in [9.17, 15) is 22.0 Å². The Balaban J connectivity index is 0.00000206. The lowest BCUT2D eigenvalue weighted by atomic mass is 9.99. The van der Waals surface area contributed by atoms with E-state index in [0.717, 1.165) is 53.3 Å². The lowest BCUT2D eigenvalue weighted by molar-refractivity contribution is -0.137. The number of hydrogen-bond donors (Lipinski definition) is 0. The molecule has 216 valence electrons. The van der Waals surface area contributed by atoms with E-state index in [0.29, 0.717) is 24.2 Å². The molecule has 4 rings (SSSR count). The van der Waals surface area contributed by atoms with E-state index < -0.39 is 17.7 Å². The maximum Gasteiger partial charge on any atom is 0.416 e. The Morgan fingerprint density at radius 1 is 0.900 bits per heavy atom. The molecule has 1 heterocycles. The van der Waals surface area contributed by atoms with Crippen LogP contribution in [0.5, 0.6) is 0 Å². The summed E-state index contributed by atoms with van der Waals surface area (Å²) < 4.78 is 65.2. The molecule has 0 saturated carbocycles. The number of hydrogen-bond acceptors (Lipinski definition) is 2. The van der Waals surface area contributed by atoms with Crippen molar-refractivity contribution in [1.82, 2.24) is 4.98 Å². The van der Waals surface area contributed by atoms with Gasteiger partial charge in [0.1, 0.15) is 0 Å². The Kier molecular flexibility index (Phi) is 11.1. The van der Waals surface area contributed by atoms with Gasteiger partial charge in [0.25, 0.3) is 5.92 Å². The van der Waals surface area contributed by atoms with Crippen molar-refractivity contribution in [3.8, 4) is 0 Å². The predicted octanol–water partition coefficient (Wildman–Crippen LogP) is 10.1. The van der Waals surface area contributed by atoms with Gasteiger partial charge in [-0.1, -0.05) is 63.3 Å². The van der Waals surface area contributed by atoms with Crippen molar-refractivity contribution >= 4 is 11.8 Å². The molecule has 1 aliphatic rings. The van der Waals surface area contributed by atoms with E-state index in [1.165, 1.54) is 30.8 Å². The van der Waals surface area contributed by atoms with Gasteiger partial charge in [-0.05, 0) is 85.2 Å². The number of aliphatic imine (C=N–C) groups is 1. The molecule has 40 heavy (non-hydrogen) atoms. The zero-order valence-corrected chi connectivity index (χ0v) is 22.8. The molecular weight excluding hydrogens is 519 g/mol. The molecule has 0 amide bonds. The van der Waals surface area contributed by atoms with E-state index in [2.05, 4.69) is 34.3 Å². The van der Waals surface area contributed by atoms with Crippen LogP contribution in [0.15, 0.2) is 83.1 Å². The fourth-order valence-corrected chi connectivity index (χ4v) is 4.14. The molecule has 0 fully saturated rings. The fraction of sp³-hybridized carbons (Fsp3) is 0.333. The smallest absolute Gasteiger partial charge is 0.259 e. The third kappa shape index (κ3) is 8.70. The molecule has 0 N–H and O–H groups in total. The van der Waals surface area contributed by atoms with Crippen molar-refractivity contribution in [1.29, 1.82) is 0 Å². The van der Waals surface area contributed by atoms with Crippen LogP contribution in [0.4, 0.5) is 22.0 Å². The summed E-state index contributed by atoms with van der Waals surface area (Å²) in [6, 6.07) is 15.4. The highest BCUT2D eigenvalue weighted by atomic mass is 19.4. The van der Waals surface area contributed by atoms with Crippen LogP contribution in [0, 0.1) is 0 Å². The van der Waals surface area contributed by atoms with Gasteiger partial charge in [-0.3, -0.25) is 9.98 Å². The number of benzene rings is 2. The van der Waals surface area contributed by atoms with Crippen molar-refractivity contribution < 1.29 is 23.4 Å². The van der Waals surface area contributed by atoms with Crippen LogP contribution in [0.25, 0.3) is 6.08 Å². The average molecular weight is 559 g/mol. The van der Waals surface area contributed by atoms with Gasteiger partial charge in [-0.25, -0.2) is 8.78 Å². The van der Waals surface area contributed by atoms with E-state index in [-0.39, 0.29) is 14.4 Å². The lowest BCUT2D eigenvalue weighted by Gasteiger charge is -2.09. The third-order valence-corrected chi connectivity index (χ3v) is 6.45. The van der Waals surface area contributed by atoms with Crippen molar-refractivity contribution in [2.75, 3.05) is 0 Å². The molecule has 0 unspecified atom stereocenters. The second-order valence-electron chi connectivity index (χ2n) is 9.53. The van der Waals surface area contributed by atoms with E-state index in [1.54, 1.807) is 13.1 Å². The molecular formula is C33H39F5N2. The highest BCUT2D eigenvalue weighted by Crippen LogP contribution is 2.31. The monoisotopic (exact) mass is 558 g/mol. The van der Waals surface area contributed by atoms with E-state index in [4.69, 9.17) is 0 Å². The average Bonchev–Trinajstić information content (AvgIpc) is 3.29. The van der Waals surface area contributed by atoms with Crippen molar-refractivity contribution in [2.24, 2.45) is 4.99 Å². The van der Waals surface area contributed by atoms with Gasteiger partial charge in [-0.15, -0.1) is 0 Å². The highest BCUT2D eigenvalue weighted by Gasteiger charge is 2.30. The standard InChI is InChI=1S/C30H27F5N2.C2H6.CH4.H2/c1-19(29(3,31)32)18-37-20(2)28-17-23(10-11-36-28)13-22-4-7-25-15-24(16-26(25)14-22)12-21-5-8-27(9-6-21)30(33,34)35;1-2;;/h4-11,14,16-18H,12-13,15H2,1-3H3;1-2H3;1H4;1H/b19-18+,37-20?;;;. The second-order valence-corrected chi connectivity index (χ2v) is 9.53.